The summed E-state index contributed by atoms with van der Waals surface area (Å²) in [6.45, 7) is 5.34. The van der Waals surface area contributed by atoms with Gasteiger partial charge in [0, 0.05) is 59.3 Å². The van der Waals surface area contributed by atoms with Crippen molar-refractivity contribution in [1.29, 1.82) is 0 Å². The monoisotopic (exact) mass is 448 g/mol. The molecule has 1 unspecified atom stereocenters. The van der Waals surface area contributed by atoms with Crippen molar-refractivity contribution in [2.75, 3.05) is 40.3 Å². The number of aromatic nitrogens is 2. The minimum atomic E-state index is 0. The normalized spacial score (nSPS) is 17.6. The number of rotatable bonds is 5. The molecule has 8 heteroatoms. The van der Waals surface area contributed by atoms with E-state index in [1.54, 1.807) is 19.0 Å². The number of guanidine groups is 1. The van der Waals surface area contributed by atoms with E-state index in [0.717, 1.165) is 32.0 Å². The van der Waals surface area contributed by atoms with Crippen LogP contribution in [-0.2, 0) is 11.8 Å². The first-order valence-corrected chi connectivity index (χ1v) is 8.23. The molecule has 0 saturated carbocycles. The molecule has 0 aromatic carbocycles. The van der Waals surface area contributed by atoms with E-state index in [1.165, 1.54) is 5.56 Å². The lowest BCUT2D eigenvalue weighted by molar-refractivity contribution is -0.128. The van der Waals surface area contributed by atoms with E-state index < -0.39 is 0 Å². The van der Waals surface area contributed by atoms with Gasteiger partial charge in [-0.3, -0.25) is 14.5 Å². The minimum Gasteiger partial charge on any atom is -0.357 e. The van der Waals surface area contributed by atoms with E-state index in [4.69, 9.17) is 0 Å². The molecule has 7 nitrogen and oxygen atoms in total. The fourth-order valence-electron chi connectivity index (χ4n) is 2.78. The molecule has 0 radical (unpaired) electrons. The van der Waals surface area contributed by atoms with Crippen molar-refractivity contribution >= 4 is 35.8 Å². The zero-order valence-electron chi connectivity index (χ0n) is 15.0. The van der Waals surface area contributed by atoms with Gasteiger partial charge in [-0.2, -0.15) is 5.10 Å². The molecule has 0 aliphatic carbocycles. The maximum atomic E-state index is 11.7. The van der Waals surface area contributed by atoms with Crippen LogP contribution in [0.4, 0.5) is 0 Å². The third-order valence-electron chi connectivity index (χ3n) is 4.10. The summed E-state index contributed by atoms with van der Waals surface area (Å²) in [5.41, 5.74) is 1.29. The van der Waals surface area contributed by atoms with Crippen LogP contribution in [0.1, 0.15) is 31.2 Å². The largest absolute Gasteiger partial charge is 0.357 e. The Bertz CT molecular complexity index is 557. The van der Waals surface area contributed by atoms with E-state index in [1.807, 2.05) is 17.9 Å². The molecule has 1 aromatic heterocycles. The summed E-state index contributed by atoms with van der Waals surface area (Å²) in [5, 5.41) is 7.60. The lowest BCUT2D eigenvalue weighted by Gasteiger charge is -2.21. The van der Waals surface area contributed by atoms with Gasteiger partial charge in [-0.15, -0.1) is 24.0 Å². The molecule has 0 spiro atoms. The van der Waals surface area contributed by atoms with E-state index >= 15 is 0 Å². The number of aliphatic imine (C=N–C) groups is 1. The van der Waals surface area contributed by atoms with Crippen LogP contribution >= 0.6 is 24.0 Å². The first kappa shape index (κ1) is 20.7. The second-order valence-corrected chi connectivity index (χ2v) is 6.15. The summed E-state index contributed by atoms with van der Waals surface area (Å²) in [6.07, 6.45) is 5.59. The van der Waals surface area contributed by atoms with Gasteiger partial charge in [0.05, 0.1) is 12.7 Å². The smallest absolute Gasteiger partial charge is 0.223 e. The maximum absolute atomic E-state index is 11.7. The Hall–Kier alpha value is -1.32. The fourth-order valence-corrected chi connectivity index (χ4v) is 2.78. The van der Waals surface area contributed by atoms with Crippen molar-refractivity contribution in [1.82, 2.24) is 24.9 Å². The topological polar surface area (TPSA) is 65.8 Å². The Kier molecular flexibility index (Phi) is 8.51. The van der Waals surface area contributed by atoms with Gasteiger partial charge in [-0.05, 0) is 18.9 Å². The standard InChI is InChI=1S/C16H28N6O.HI/c1-5-17-16(18-8-6-15(23)20(2)3)22-9-7-13(12-22)14-10-19-21(4)11-14;/h10-11,13H,5-9,12H2,1-4H3,(H,17,18);1H. The van der Waals surface area contributed by atoms with Crippen LogP contribution in [0.15, 0.2) is 17.4 Å². The molecule has 2 rings (SSSR count). The second-order valence-electron chi connectivity index (χ2n) is 6.15. The van der Waals surface area contributed by atoms with Crippen LogP contribution in [-0.4, -0.2) is 71.7 Å². The van der Waals surface area contributed by atoms with Crippen molar-refractivity contribution in [2.45, 2.75) is 25.7 Å². The highest BCUT2D eigenvalue weighted by molar-refractivity contribution is 14.0. The van der Waals surface area contributed by atoms with Gasteiger partial charge in [0.1, 0.15) is 0 Å². The third kappa shape index (κ3) is 5.64. The second kappa shape index (κ2) is 9.85. The van der Waals surface area contributed by atoms with Crippen LogP contribution in [0.5, 0.6) is 0 Å². The number of aryl methyl sites for hydroxylation is 1. The summed E-state index contributed by atoms with van der Waals surface area (Å²) >= 11 is 0. The van der Waals surface area contributed by atoms with Crippen LogP contribution < -0.4 is 5.32 Å². The number of amides is 1. The van der Waals surface area contributed by atoms with Gasteiger partial charge in [-0.1, -0.05) is 0 Å². The van der Waals surface area contributed by atoms with Crippen LogP contribution in [0.25, 0.3) is 0 Å². The highest BCUT2D eigenvalue weighted by atomic mass is 127. The predicted molar refractivity (Wildman–Crippen MR) is 107 cm³/mol. The molecule has 1 saturated heterocycles. The van der Waals surface area contributed by atoms with Gasteiger partial charge in [0.2, 0.25) is 5.91 Å². The van der Waals surface area contributed by atoms with E-state index in [-0.39, 0.29) is 29.9 Å². The average Bonchev–Trinajstić information content (AvgIpc) is 3.14. The number of carbonyl (C=O) groups excluding carboxylic acids is 1. The highest BCUT2D eigenvalue weighted by Crippen LogP contribution is 2.26. The van der Waals surface area contributed by atoms with E-state index in [2.05, 4.69) is 33.4 Å². The van der Waals surface area contributed by atoms with E-state index in [9.17, 15) is 4.79 Å². The number of hydrogen-bond donors (Lipinski definition) is 1. The number of carbonyl (C=O) groups is 1. The molecule has 2 heterocycles. The van der Waals surface area contributed by atoms with Gasteiger partial charge >= 0.3 is 0 Å². The molecule has 136 valence electrons. The molecule has 1 aromatic rings. The number of nitrogens with zero attached hydrogens (tertiary/aromatic N) is 5. The van der Waals surface area contributed by atoms with Gasteiger partial charge in [0.15, 0.2) is 5.96 Å². The van der Waals surface area contributed by atoms with Gasteiger partial charge < -0.3 is 15.1 Å². The Morgan fingerprint density at radius 1 is 1.50 bits per heavy atom. The lowest BCUT2D eigenvalue weighted by Crippen LogP contribution is -2.40. The molecule has 1 N–H and O–H groups in total. The molecular formula is C16H29IN6O. The predicted octanol–water partition coefficient (Wildman–Crippen LogP) is 1.27. The SMILES string of the molecule is CCNC(=NCCC(=O)N(C)C)N1CCC(c2cnn(C)c2)C1.I. The molecule has 1 amide bonds. The first-order valence-electron chi connectivity index (χ1n) is 8.23. The van der Waals surface area contributed by atoms with Gasteiger partial charge in [0.25, 0.3) is 0 Å². The maximum Gasteiger partial charge on any atom is 0.223 e. The van der Waals surface area contributed by atoms with Crippen LogP contribution in [0.3, 0.4) is 0 Å². The summed E-state index contributed by atoms with van der Waals surface area (Å²) in [7, 11) is 5.50. The van der Waals surface area contributed by atoms with Crippen molar-refractivity contribution in [3.05, 3.63) is 18.0 Å². The summed E-state index contributed by atoms with van der Waals surface area (Å²) in [6, 6.07) is 0. The lowest BCUT2D eigenvalue weighted by atomic mass is 10.0. The fraction of sp³-hybridized carbons (Fsp3) is 0.688. The molecule has 1 aliphatic heterocycles. The van der Waals surface area contributed by atoms with Crippen LogP contribution in [0, 0.1) is 0 Å². The number of halogens is 1. The Morgan fingerprint density at radius 2 is 2.25 bits per heavy atom. The minimum absolute atomic E-state index is 0. The van der Waals surface area contributed by atoms with Crippen molar-refractivity contribution < 1.29 is 4.79 Å². The molecule has 24 heavy (non-hydrogen) atoms. The molecule has 0 bridgehead atoms. The summed E-state index contributed by atoms with van der Waals surface area (Å²) < 4.78 is 1.85. The quantitative estimate of drug-likeness (QED) is 0.419. The Balaban J connectivity index is 0.00000288. The first-order chi connectivity index (χ1) is 11.0. The van der Waals surface area contributed by atoms with Crippen LogP contribution in [0.2, 0.25) is 0 Å². The zero-order valence-corrected chi connectivity index (χ0v) is 17.4. The van der Waals surface area contributed by atoms with Crippen molar-refractivity contribution in [3.8, 4) is 0 Å². The average molecular weight is 448 g/mol. The van der Waals surface area contributed by atoms with Gasteiger partial charge in [-0.25, -0.2) is 0 Å². The highest BCUT2D eigenvalue weighted by Gasteiger charge is 2.26. The van der Waals surface area contributed by atoms with Crippen molar-refractivity contribution in [3.63, 3.8) is 0 Å². The molecular weight excluding hydrogens is 419 g/mol. The number of nitrogens with one attached hydrogen (secondary N) is 1. The summed E-state index contributed by atoms with van der Waals surface area (Å²) in [4.78, 5) is 20.2. The molecule has 1 atom stereocenters. The van der Waals surface area contributed by atoms with E-state index in [0.29, 0.717) is 18.9 Å². The number of likely N-dealkylation sites (tertiary alicyclic amines) is 1. The zero-order chi connectivity index (χ0) is 16.8. The third-order valence-corrected chi connectivity index (χ3v) is 4.10. The Morgan fingerprint density at radius 3 is 2.83 bits per heavy atom. The Labute approximate surface area is 161 Å². The molecule has 1 aliphatic rings. The number of hydrogen-bond acceptors (Lipinski definition) is 3. The summed E-state index contributed by atoms with van der Waals surface area (Å²) in [5.74, 6) is 1.51. The van der Waals surface area contributed by atoms with Crippen molar-refractivity contribution in [2.24, 2.45) is 12.0 Å². The molecule has 1 fully saturated rings.